The first-order valence-corrected chi connectivity index (χ1v) is 7.24. The van der Waals surface area contributed by atoms with Crippen LogP contribution in [0.4, 0.5) is 0 Å². The van der Waals surface area contributed by atoms with Crippen molar-refractivity contribution in [3.8, 4) is 0 Å². The van der Waals surface area contributed by atoms with Gasteiger partial charge in [-0.3, -0.25) is 4.79 Å². The average Bonchev–Trinajstić information content (AvgIpc) is 3.04. The van der Waals surface area contributed by atoms with Crippen molar-refractivity contribution in [2.75, 3.05) is 5.75 Å². The van der Waals surface area contributed by atoms with Crippen molar-refractivity contribution >= 4 is 40.0 Å². The molecule has 5 heteroatoms. The minimum Gasteiger partial charge on any atom is -0.431 e. The molecule has 0 saturated heterocycles. The molecule has 0 aliphatic heterocycles. The first kappa shape index (κ1) is 11.5. The zero-order valence-corrected chi connectivity index (χ0v) is 11.0. The number of oxazole rings is 1. The number of thiophene rings is 1. The summed E-state index contributed by atoms with van der Waals surface area (Å²) < 4.78 is 5.54. The summed E-state index contributed by atoms with van der Waals surface area (Å²) in [6, 6.07) is 11.3. The van der Waals surface area contributed by atoms with Gasteiger partial charge in [-0.15, -0.1) is 11.3 Å². The number of hydrogen-bond acceptors (Lipinski definition) is 5. The third kappa shape index (κ3) is 2.32. The standard InChI is InChI=1S/C13H9NO2S2/c15-10(12-6-3-7-17-12)8-18-13-14-9-4-1-2-5-11(9)16-13/h1-7H,8H2. The van der Waals surface area contributed by atoms with Crippen LogP contribution in [-0.2, 0) is 0 Å². The second-order valence-electron chi connectivity index (χ2n) is 3.64. The van der Waals surface area contributed by atoms with Gasteiger partial charge in [0.05, 0.1) is 10.6 Å². The van der Waals surface area contributed by atoms with Crippen LogP contribution in [0.1, 0.15) is 9.67 Å². The molecule has 2 heterocycles. The molecule has 0 N–H and O–H groups in total. The maximum atomic E-state index is 11.8. The number of thioether (sulfide) groups is 1. The van der Waals surface area contributed by atoms with Crippen LogP contribution in [0, 0.1) is 0 Å². The van der Waals surface area contributed by atoms with Crippen LogP contribution in [0.3, 0.4) is 0 Å². The Morgan fingerprint density at radius 1 is 1.28 bits per heavy atom. The van der Waals surface area contributed by atoms with Crippen LogP contribution < -0.4 is 0 Å². The van der Waals surface area contributed by atoms with E-state index in [2.05, 4.69) is 4.98 Å². The fourth-order valence-electron chi connectivity index (χ4n) is 1.55. The minimum absolute atomic E-state index is 0.109. The molecule has 0 atom stereocenters. The smallest absolute Gasteiger partial charge is 0.257 e. The second-order valence-corrected chi connectivity index (χ2v) is 5.51. The van der Waals surface area contributed by atoms with E-state index in [1.807, 2.05) is 41.8 Å². The number of Topliss-reactive ketones (excluding diaryl/α,β-unsaturated/α-hetero) is 1. The quantitative estimate of drug-likeness (QED) is 0.535. The molecule has 0 fully saturated rings. The number of carbonyl (C=O) groups is 1. The van der Waals surface area contributed by atoms with Crippen LogP contribution >= 0.6 is 23.1 Å². The third-order valence-corrected chi connectivity index (χ3v) is 4.14. The molecule has 0 bridgehead atoms. The second kappa shape index (κ2) is 4.96. The molecule has 3 aromatic rings. The van der Waals surface area contributed by atoms with Crippen molar-refractivity contribution in [1.29, 1.82) is 0 Å². The number of nitrogens with zero attached hydrogens (tertiary/aromatic N) is 1. The van der Waals surface area contributed by atoms with Crippen molar-refractivity contribution in [2.45, 2.75) is 5.22 Å². The Labute approximate surface area is 112 Å². The van der Waals surface area contributed by atoms with Crippen LogP contribution in [0.5, 0.6) is 0 Å². The van der Waals surface area contributed by atoms with Gasteiger partial charge in [-0.05, 0) is 23.6 Å². The molecule has 1 aromatic carbocycles. The fraction of sp³-hybridized carbons (Fsp3) is 0.0769. The predicted octanol–water partition coefficient (Wildman–Crippen LogP) is 3.86. The number of ketones is 1. The Hall–Kier alpha value is -1.59. The van der Waals surface area contributed by atoms with Gasteiger partial charge in [-0.2, -0.15) is 0 Å². The normalized spacial score (nSPS) is 10.9. The molecular formula is C13H9NO2S2. The average molecular weight is 275 g/mol. The minimum atomic E-state index is 0.109. The van der Waals surface area contributed by atoms with E-state index in [1.54, 1.807) is 0 Å². The first-order valence-electron chi connectivity index (χ1n) is 5.38. The van der Waals surface area contributed by atoms with Crippen molar-refractivity contribution in [2.24, 2.45) is 0 Å². The Bertz CT molecular complexity index is 640. The lowest BCUT2D eigenvalue weighted by Crippen LogP contribution is -1.98. The Balaban J connectivity index is 1.71. The van der Waals surface area contributed by atoms with Gasteiger partial charge in [0.1, 0.15) is 5.52 Å². The summed E-state index contributed by atoms with van der Waals surface area (Å²) in [7, 11) is 0. The highest BCUT2D eigenvalue weighted by atomic mass is 32.2. The van der Waals surface area contributed by atoms with Crippen LogP contribution in [-0.4, -0.2) is 16.5 Å². The Morgan fingerprint density at radius 3 is 2.94 bits per heavy atom. The maximum absolute atomic E-state index is 11.8. The highest BCUT2D eigenvalue weighted by Crippen LogP contribution is 2.24. The lowest BCUT2D eigenvalue weighted by atomic mass is 10.3. The summed E-state index contributed by atoms with van der Waals surface area (Å²) in [6.07, 6.45) is 0. The molecule has 2 aromatic heterocycles. The SMILES string of the molecule is O=C(CSc1nc2ccccc2o1)c1cccs1. The van der Waals surface area contributed by atoms with Crippen molar-refractivity contribution in [3.63, 3.8) is 0 Å². The number of fused-ring (bicyclic) bond motifs is 1. The number of benzene rings is 1. The molecule has 3 rings (SSSR count). The van der Waals surface area contributed by atoms with Gasteiger partial charge in [0.2, 0.25) is 0 Å². The van der Waals surface area contributed by atoms with E-state index < -0.39 is 0 Å². The lowest BCUT2D eigenvalue weighted by molar-refractivity contribution is 0.102. The molecule has 0 amide bonds. The molecule has 0 aliphatic rings. The van der Waals surface area contributed by atoms with E-state index in [-0.39, 0.29) is 5.78 Å². The van der Waals surface area contributed by atoms with Crippen molar-refractivity contribution in [3.05, 3.63) is 46.7 Å². The predicted molar refractivity (Wildman–Crippen MR) is 73.4 cm³/mol. The van der Waals surface area contributed by atoms with Gasteiger partial charge in [0.15, 0.2) is 11.4 Å². The third-order valence-electron chi connectivity index (χ3n) is 2.40. The van der Waals surface area contributed by atoms with Gasteiger partial charge in [-0.25, -0.2) is 4.98 Å². The summed E-state index contributed by atoms with van der Waals surface area (Å²) in [5, 5.41) is 2.44. The van der Waals surface area contributed by atoms with Crippen LogP contribution in [0.25, 0.3) is 11.1 Å². The summed E-state index contributed by atoms with van der Waals surface area (Å²) in [6.45, 7) is 0. The highest BCUT2D eigenvalue weighted by Gasteiger charge is 2.11. The fourth-order valence-corrected chi connectivity index (χ4v) is 3.03. The molecule has 0 radical (unpaired) electrons. The first-order chi connectivity index (χ1) is 8.83. The maximum Gasteiger partial charge on any atom is 0.257 e. The monoisotopic (exact) mass is 275 g/mol. The summed E-state index contributed by atoms with van der Waals surface area (Å²) >= 11 is 2.79. The molecule has 90 valence electrons. The molecule has 0 aliphatic carbocycles. The Morgan fingerprint density at radius 2 is 2.17 bits per heavy atom. The molecule has 0 saturated carbocycles. The van der Waals surface area contributed by atoms with Crippen molar-refractivity contribution < 1.29 is 9.21 Å². The lowest BCUT2D eigenvalue weighted by Gasteiger charge is -1.93. The molecule has 0 spiro atoms. The molecule has 18 heavy (non-hydrogen) atoms. The number of hydrogen-bond donors (Lipinski definition) is 0. The van der Waals surface area contributed by atoms with Gasteiger partial charge in [-0.1, -0.05) is 30.0 Å². The van der Waals surface area contributed by atoms with E-state index >= 15 is 0 Å². The highest BCUT2D eigenvalue weighted by molar-refractivity contribution is 7.99. The number of carbonyl (C=O) groups excluding carboxylic acids is 1. The zero-order valence-electron chi connectivity index (χ0n) is 9.33. The van der Waals surface area contributed by atoms with Crippen LogP contribution in [0.2, 0.25) is 0 Å². The largest absolute Gasteiger partial charge is 0.431 e. The van der Waals surface area contributed by atoms with Crippen LogP contribution in [0.15, 0.2) is 51.4 Å². The summed E-state index contributed by atoms with van der Waals surface area (Å²) in [5.41, 5.74) is 1.58. The molecule has 3 nitrogen and oxygen atoms in total. The number of para-hydroxylation sites is 2. The molecule has 0 unspecified atom stereocenters. The van der Waals surface area contributed by atoms with Gasteiger partial charge < -0.3 is 4.42 Å². The van der Waals surface area contributed by atoms with E-state index in [4.69, 9.17) is 4.42 Å². The number of rotatable bonds is 4. The van der Waals surface area contributed by atoms with Gasteiger partial charge in [0.25, 0.3) is 5.22 Å². The Kier molecular flexibility index (Phi) is 3.17. The van der Waals surface area contributed by atoms with Crippen molar-refractivity contribution in [1.82, 2.24) is 4.98 Å². The molecular weight excluding hydrogens is 266 g/mol. The zero-order chi connectivity index (χ0) is 12.4. The van der Waals surface area contributed by atoms with Gasteiger partial charge >= 0.3 is 0 Å². The summed E-state index contributed by atoms with van der Waals surface area (Å²) in [4.78, 5) is 16.9. The topological polar surface area (TPSA) is 43.1 Å². The number of aromatic nitrogens is 1. The van der Waals surface area contributed by atoms with Gasteiger partial charge in [0, 0.05) is 0 Å². The van der Waals surface area contributed by atoms with E-state index in [9.17, 15) is 4.79 Å². The van der Waals surface area contributed by atoms with E-state index in [1.165, 1.54) is 23.1 Å². The summed E-state index contributed by atoms with van der Waals surface area (Å²) in [5.74, 6) is 0.463. The van der Waals surface area contributed by atoms with E-state index in [0.29, 0.717) is 11.0 Å². The van der Waals surface area contributed by atoms with E-state index in [0.717, 1.165) is 16.0 Å².